The Labute approximate surface area is 110 Å². The van der Waals surface area contributed by atoms with E-state index in [9.17, 15) is 8.78 Å². The molecule has 1 aromatic rings. The molecule has 0 aromatic heterocycles. The Morgan fingerprint density at radius 2 is 1.95 bits per heavy atom. The largest absolute Gasteiger partial charge is 0.409 e. The maximum Gasteiger partial charge on any atom is 0.170 e. The van der Waals surface area contributed by atoms with E-state index < -0.39 is 11.6 Å². The number of amidine groups is 1. The quantitative estimate of drug-likeness (QED) is 0.381. The Bertz CT molecular complexity index is 492. The molecule has 1 aromatic carbocycles. The highest BCUT2D eigenvalue weighted by Crippen LogP contribution is 2.37. The van der Waals surface area contributed by atoms with Crippen LogP contribution in [-0.2, 0) is 0 Å². The Morgan fingerprint density at radius 1 is 1.42 bits per heavy atom. The third kappa shape index (κ3) is 2.62. The van der Waals surface area contributed by atoms with Crippen molar-refractivity contribution in [3.05, 3.63) is 29.3 Å². The molecule has 104 valence electrons. The van der Waals surface area contributed by atoms with Crippen molar-refractivity contribution in [3.63, 3.8) is 0 Å². The lowest BCUT2D eigenvalue weighted by atomic mass is 10.1. The van der Waals surface area contributed by atoms with Crippen molar-refractivity contribution in [2.45, 2.75) is 25.8 Å². The van der Waals surface area contributed by atoms with Gasteiger partial charge in [0.15, 0.2) is 5.84 Å². The van der Waals surface area contributed by atoms with E-state index in [1.807, 2.05) is 6.92 Å². The topological polar surface area (TPSA) is 61.8 Å². The third-order valence-corrected chi connectivity index (χ3v) is 3.69. The molecule has 0 aliphatic heterocycles. The van der Waals surface area contributed by atoms with Crippen LogP contribution in [0.3, 0.4) is 0 Å². The van der Waals surface area contributed by atoms with Gasteiger partial charge < -0.3 is 15.8 Å². The summed E-state index contributed by atoms with van der Waals surface area (Å²) in [5.74, 6) is -1.25. The zero-order valence-corrected chi connectivity index (χ0v) is 10.9. The van der Waals surface area contributed by atoms with Crippen molar-refractivity contribution in [2.75, 3.05) is 11.9 Å². The van der Waals surface area contributed by atoms with E-state index in [2.05, 4.69) is 5.16 Å². The van der Waals surface area contributed by atoms with Crippen LogP contribution in [0, 0.1) is 17.6 Å². The van der Waals surface area contributed by atoms with Crippen LogP contribution >= 0.6 is 0 Å². The summed E-state index contributed by atoms with van der Waals surface area (Å²) in [6.45, 7) is 1.95. The zero-order chi connectivity index (χ0) is 14.2. The molecular weight excluding hydrogens is 252 g/mol. The van der Waals surface area contributed by atoms with Gasteiger partial charge >= 0.3 is 0 Å². The number of nitrogens with two attached hydrogens (primary N) is 1. The summed E-state index contributed by atoms with van der Waals surface area (Å²) in [6.07, 6.45) is 2.19. The minimum atomic E-state index is -0.711. The van der Waals surface area contributed by atoms with Crippen molar-refractivity contribution in [2.24, 2.45) is 16.8 Å². The number of hydrogen-bond acceptors (Lipinski definition) is 3. The highest BCUT2D eigenvalue weighted by Gasteiger charge is 2.32. The van der Waals surface area contributed by atoms with Crippen LogP contribution in [0.5, 0.6) is 0 Å². The molecule has 6 heteroatoms. The van der Waals surface area contributed by atoms with Crippen molar-refractivity contribution in [1.29, 1.82) is 0 Å². The van der Waals surface area contributed by atoms with Gasteiger partial charge in [0, 0.05) is 18.7 Å². The smallest absolute Gasteiger partial charge is 0.170 e. The van der Waals surface area contributed by atoms with Crippen LogP contribution < -0.4 is 10.6 Å². The molecule has 3 N–H and O–H groups in total. The summed E-state index contributed by atoms with van der Waals surface area (Å²) < 4.78 is 28.1. The number of oxime groups is 1. The molecule has 0 amide bonds. The van der Waals surface area contributed by atoms with Gasteiger partial charge in [0.1, 0.15) is 17.3 Å². The number of benzene rings is 1. The van der Waals surface area contributed by atoms with Crippen LogP contribution in [0.1, 0.15) is 25.3 Å². The Kier molecular flexibility index (Phi) is 3.59. The fraction of sp³-hybridized carbons (Fsp3) is 0.462. The lowest BCUT2D eigenvalue weighted by Gasteiger charge is -2.28. The van der Waals surface area contributed by atoms with E-state index in [0.717, 1.165) is 25.0 Å². The zero-order valence-electron chi connectivity index (χ0n) is 10.9. The van der Waals surface area contributed by atoms with Gasteiger partial charge in [0.05, 0.1) is 0 Å². The first-order valence-corrected chi connectivity index (χ1v) is 6.15. The molecule has 0 spiro atoms. The lowest BCUT2D eigenvalue weighted by Crippen LogP contribution is -2.32. The molecule has 1 saturated carbocycles. The molecular formula is C13H17F2N3O. The van der Waals surface area contributed by atoms with Crippen LogP contribution in [0.25, 0.3) is 0 Å². The number of anilines is 1. The van der Waals surface area contributed by atoms with Crippen LogP contribution in [-0.4, -0.2) is 24.1 Å². The van der Waals surface area contributed by atoms with Crippen LogP contribution in [0.15, 0.2) is 17.3 Å². The Morgan fingerprint density at radius 3 is 2.37 bits per heavy atom. The van der Waals surface area contributed by atoms with E-state index in [0.29, 0.717) is 5.92 Å². The molecule has 1 aliphatic carbocycles. The number of nitrogens with zero attached hydrogens (tertiary/aromatic N) is 2. The van der Waals surface area contributed by atoms with Crippen molar-refractivity contribution < 1.29 is 14.0 Å². The lowest BCUT2D eigenvalue weighted by molar-refractivity contribution is 0.318. The summed E-state index contributed by atoms with van der Waals surface area (Å²) in [4.78, 5) is 1.61. The molecule has 2 rings (SSSR count). The van der Waals surface area contributed by atoms with Crippen molar-refractivity contribution >= 4 is 11.5 Å². The van der Waals surface area contributed by atoms with Gasteiger partial charge in [-0.2, -0.15) is 0 Å². The second kappa shape index (κ2) is 5.03. The molecule has 19 heavy (non-hydrogen) atoms. The maximum atomic E-state index is 14.0. The van der Waals surface area contributed by atoms with Crippen molar-refractivity contribution in [3.8, 4) is 0 Å². The van der Waals surface area contributed by atoms with E-state index in [1.165, 1.54) is 0 Å². The fourth-order valence-corrected chi connectivity index (χ4v) is 2.21. The van der Waals surface area contributed by atoms with E-state index >= 15 is 0 Å². The maximum absolute atomic E-state index is 14.0. The summed E-state index contributed by atoms with van der Waals surface area (Å²) in [6, 6.07) is 2.23. The van der Waals surface area contributed by atoms with Gasteiger partial charge in [-0.25, -0.2) is 8.78 Å². The average Bonchev–Trinajstić information content (AvgIpc) is 3.19. The Balaban J connectivity index is 2.35. The molecule has 4 nitrogen and oxygen atoms in total. The summed E-state index contributed by atoms with van der Waals surface area (Å²) in [5, 5.41) is 11.3. The highest BCUT2D eigenvalue weighted by atomic mass is 19.1. The summed E-state index contributed by atoms with van der Waals surface area (Å²) in [5.41, 5.74) is 5.28. The number of hydrogen-bond donors (Lipinski definition) is 2. The minimum Gasteiger partial charge on any atom is -0.409 e. The number of rotatable bonds is 4. The van der Waals surface area contributed by atoms with E-state index in [-0.39, 0.29) is 23.1 Å². The minimum absolute atomic E-state index is 0.0220. The second-order valence-electron chi connectivity index (χ2n) is 4.96. The molecule has 0 bridgehead atoms. The molecule has 1 aliphatic rings. The molecule has 1 atom stereocenters. The average molecular weight is 269 g/mol. The molecule has 1 fully saturated rings. The van der Waals surface area contributed by atoms with Gasteiger partial charge in [-0.05, 0) is 37.8 Å². The van der Waals surface area contributed by atoms with Crippen LogP contribution in [0.2, 0.25) is 0 Å². The van der Waals surface area contributed by atoms with Gasteiger partial charge in [-0.3, -0.25) is 0 Å². The molecule has 0 radical (unpaired) electrons. The highest BCUT2D eigenvalue weighted by molar-refractivity contribution is 5.97. The Hall–Kier alpha value is -1.85. The standard InChI is InChI=1S/C13H17F2N3O/c1-7(8-3-4-8)18(2)12-10(14)5-9(6-11(12)15)13(16)17-19/h5-8,19H,3-4H2,1-2H3,(H2,16,17). The van der Waals surface area contributed by atoms with Gasteiger partial charge in [-0.1, -0.05) is 5.16 Å². The second-order valence-corrected chi connectivity index (χ2v) is 4.96. The molecule has 0 heterocycles. The molecule has 0 saturated heterocycles. The van der Waals surface area contributed by atoms with Gasteiger partial charge in [0.2, 0.25) is 0 Å². The van der Waals surface area contributed by atoms with Crippen molar-refractivity contribution in [1.82, 2.24) is 0 Å². The third-order valence-electron chi connectivity index (χ3n) is 3.69. The first-order valence-electron chi connectivity index (χ1n) is 6.15. The first-order chi connectivity index (χ1) is 8.95. The predicted octanol–water partition coefficient (Wildman–Crippen LogP) is 2.29. The summed E-state index contributed by atoms with van der Waals surface area (Å²) >= 11 is 0. The van der Waals surface area contributed by atoms with Crippen LogP contribution in [0.4, 0.5) is 14.5 Å². The fourth-order valence-electron chi connectivity index (χ4n) is 2.21. The molecule has 1 unspecified atom stereocenters. The predicted molar refractivity (Wildman–Crippen MR) is 69.5 cm³/mol. The van der Waals surface area contributed by atoms with E-state index in [4.69, 9.17) is 10.9 Å². The van der Waals surface area contributed by atoms with Gasteiger partial charge in [0.25, 0.3) is 0 Å². The number of halogens is 2. The van der Waals surface area contributed by atoms with E-state index in [1.54, 1.807) is 11.9 Å². The monoisotopic (exact) mass is 269 g/mol. The normalized spacial score (nSPS) is 17.4. The van der Waals surface area contributed by atoms with Gasteiger partial charge in [-0.15, -0.1) is 0 Å². The first kappa shape index (κ1) is 13.6. The SMILES string of the molecule is CC(C1CC1)N(C)c1c(F)cc(C(N)=NO)cc1F. The summed E-state index contributed by atoms with van der Waals surface area (Å²) in [7, 11) is 1.67.